The van der Waals surface area contributed by atoms with E-state index in [0.717, 1.165) is 15.8 Å². The van der Waals surface area contributed by atoms with Crippen LogP contribution in [0.1, 0.15) is 15.9 Å². The van der Waals surface area contributed by atoms with Crippen molar-refractivity contribution in [1.82, 2.24) is 16.0 Å². The van der Waals surface area contributed by atoms with E-state index in [0.29, 0.717) is 31.2 Å². The van der Waals surface area contributed by atoms with Crippen LogP contribution in [0.5, 0.6) is 5.75 Å². The van der Waals surface area contributed by atoms with E-state index in [1.165, 1.54) is 0 Å². The summed E-state index contributed by atoms with van der Waals surface area (Å²) >= 11 is 3.35. The average molecular weight is 547 g/mol. The van der Waals surface area contributed by atoms with Crippen molar-refractivity contribution < 1.29 is 9.53 Å². The number of hydrogen-bond donors (Lipinski definition) is 3. The molecular formula is C19H24BrIN4O2. The molecule has 0 heterocycles. The summed E-state index contributed by atoms with van der Waals surface area (Å²) in [5.74, 6) is 1.39. The van der Waals surface area contributed by atoms with Crippen LogP contribution in [-0.2, 0) is 6.54 Å². The van der Waals surface area contributed by atoms with Crippen molar-refractivity contribution in [3.05, 3.63) is 64.1 Å². The summed E-state index contributed by atoms with van der Waals surface area (Å²) < 4.78 is 6.28. The summed E-state index contributed by atoms with van der Waals surface area (Å²) in [5, 5.41) is 9.27. The maximum absolute atomic E-state index is 12.0. The van der Waals surface area contributed by atoms with Gasteiger partial charge in [0, 0.05) is 42.3 Å². The van der Waals surface area contributed by atoms with Crippen LogP contribution >= 0.6 is 39.9 Å². The van der Waals surface area contributed by atoms with Crippen LogP contribution in [0, 0.1) is 0 Å². The maximum Gasteiger partial charge on any atom is 0.251 e. The predicted octanol–water partition coefficient (Wildman–Crippen LogP) is 3.17. The molecule has 8 heteroatoms. The van der Waals surface area contributed by atoms with Gasteiger partial charge in [-0.05, 0) is 30.3 Å². The van der Waals surface area contributed by atoms with Gasteiger partial charge in [-0.25, -0.2) is 0 Å². The molecule has 1 amide bonds. The molecule has 6 nitrogen and oxygen atoms in total. The number of ether oxygens (including phenoxy) is 1. The summed E-state index contributed by atoms with van der Waals surface area (Å²) in [6.45, 7) is 1.65. The first-order chi connectivity index (χ1) is 12.6. The molecule has 0 fully saturated rings. The highest BCUT2D eigenvalue weighted by Crippen LogP contribution is 2.16. The minimum absolute atomic E-state index is 0. The van der Waals surface area contributed by atoms with Crippen LogP contribution in [0.2, 0.25) is 0 Å². The van der Waals surface area contributed by atoms with Crippen molar-refractivity contribution in [2.45, 2.75) is 6.54 Å². The SMILES string of the molecule is CN=C(NCCNC(=O)c1ccc(Br)cc1)NCc1ccccc1OC.I. The number of guanidine groups is 1. The maximum atomic E-state index is 12.0. The number of aliphatic imine (C=N–C) groups is 1. The van der Waals surface area contributed by atoms with E-state index < -0.39 is 0 Å². The van der Waals surface area contributed by atoms with Crippen molar-refractivity contribution in [3.8, 4) is 5.75 Å². The molecule has 0 bridgehead atoms. The monoisotopic (exact) mass is 546 g/mol. The molecule has 0 unspecified atom stereocenters. The Kier molecular flexibility index (Phi) is 10.8. The molecule has 0 aromatic heterocycles. The van der Waals surface area contributed by atoms with Gasteiger partial charge in [-0.2, -0.15) is 0 Å². The van der Waals surface area contributed by atoms with E-state index in [4.69, 9.17) is 4.74 Å². The first kappa shape index (κ1) is 23.2. The van der Waals surface area contributed by atoms with Crippen molar-refractivity contribution in [3.63, 3.8) is 0 Å². The summed E-state index contributed by atoms with van der Waals surface area (Å²) in [6.07, 6.45) is 0. The molecule has 0 aliphatic carbocycles. The van der Waals surface area contributed by atoms with Gasteiger partial charge in [0.2, 0.25) is 0 Å². The van der Waals surface area contributed by atoms with Crippen LogP contribution in [0.15, 0.2) is 58.0 Å². The molecular weight excluding hydrogens is 523 g/mol. The molecule has 27 heavy (non-hydrogen) atoms. The Morgan fingerprint density at radius 2 is 1.70 bits per heavy atom. The molecule has 0 saturated heterocycles. The van der Waals surface area contributed by atoms with E-state index in [1.54, 1.807) is 26.3 Å². The number of hydrogen-bond acceptors (Lipinski definition) is 3. The number of amides is 1. The topological polar surface area (TPSA) is 74.8 Å². The van der Waals surface area contributed by atoms with Gasteiger partial charge in [-0.1, -0.05) is 34.1 Å². The van der Waals surface area contributed by atoms with E-state index in [1.807, 2.05) is 36.4 Å². The molecule has 2 aromatic rings. The number of benzene rings is 2. The van der Waals surface area contributed by atoms with Gasteiger partial charge < -0.3 is 20.7 Å². The lowest BCUT2D eigenvalue weighted by atomic mass is 10.2. The number of carbonyl (C=O) groups is 1. The minimum atomic E-state index is -0.101. The first-order valence-corrected chi connectivity index (χ1v) is 9.03. The van der Waals surface area contributed by atoms with E-state index in [2.05, 4.69) is 36.9 Å². The highest BCUT2D eigenvalue weighted by Gasteiger charge is 2.05. The van der Waals surface area contributed by atoms with Gasteiger partial charge in [-0.3, -0.25) is 9.79 Å². The Hall–Kier alpha value is -1.81. The zero-order chi connectivity index (χ0) is 18.8. The first-order valence-electron chi connectivity index (χ1n) is 8.24. The Morgan fingerprint density at radius 1 is 1.04 bits per heavy atom. The molecule has 0 saturated carbocycles. The molecule has 146 valence electrons. The second-order valence-corrected chi connectivity index (χ2v) is 6.34. The predicted molar refractivity (Wildman–Crippen MR) is 123 cm³/mol. The smallest absolute Gasteiger partial charge is 0.251 e. The van der Waals surface area contributed by atoms with Crippen LogP contribution in [0.3, 0.4) is 0 Å². The number of nitrogens with zero attached hydrogens (tertiary/aromatic N) is 1. The fraction of sp³-hybridized carbons (Fsp3) is 0.263. The normalized spacial score (nSPS) is 10.6. The van der Waals surface area contributed by atoms with Crippen LogP contribution < -0.4 is 20.7 Å². The lowest BCUT2D eigenvalue weighted by molar-refractivity contribution is 0.0954. The van der Waals surface area contributed by atoms with Crippen LogP contribution in [-0.4, -0.2) is 39.1 Å². The number of methoxy groups -OCH3 is 1. The van der Waals surface area contributed by atoms with E-state index in [9.17, 15) is 4.79 Å². The van der Waals surface area contributed by atoms with Crippen molar-refractivity contribution in [2.24, 2.45) is 4.99 Å². The summed E-state index contributed by atoms with van der Waals surface area (Å²) in [4.78, 5) is 16.2. The van der Waals surface area contributed by atoms with Gasteiger partial charge >= 0.3 is 0 Å². The average Bonchev–Trinajstić information content (AvgIpc) is 2.68. The van der Waals surface area contributed by atoms with Gasteiger partial charge in [-0.15, -0.1) is 24.0 Å². The Labute approximate surface area is 185 Å². The molecule has 0 aliphatic rings. The fourth-order valence-electron chi connectivity index (χ4n) is 2.31. The van der Waals surface area contributed by atoms with Gasteiger partial charge in [0.25, 0.3) is 5.91 Å². The van der Waals surface area contributed by atoms with Crippen LogP contribution in [0.25, 0.3) is 0 Å². The van der Waals surface area contributed by atoms with Crippen molar-refractivity contribution in [2.75, 3.05) is 27.2 Å². The van der Waals surface area contributed by atoms with Crippen molar-refractivity contribution >= 4 is 51.8 Å². The number of para-hydroxylation sites is 1. The fourth-order valence-corrected chi connectivity index (χ4v) is 2.57. The Balaban J connectivity index is 0.00000364. The highest BCUT2D eigenvalue weighted by molar-refractivity contribution is 14.0. The largest absolute Gasteiger partial charge is 0.496 e. The number of nitrogens with one attached hydrogen (secondary N) is 3. The van der Waals surface area contributed by atoms with Gasteiger partial charge in [0.1, 0.15) is 5.75 Å². The lowest BCUT2D eigenvalue weighted by Gasteiger charge is -2.14. The molecule has 0 spiro atoms. The Bertz CT molecular complexity index is 754. The number of halogens is 2. The highest BCUT2D eigenvalue weighted by atomic mass is 127. The lowest BCUT2D eigenvalue weighted by Crippen LogP contribution is -2.41. The third-order valence-corrected chi connectivity index (χ3v) is 4.20. The molecule has 0 radical (unpaired) electrons. The molecule has 2 rings (SSSR count). The second kappa shape index (κ2) is 12.6. The minimum Gasteiger partial charge on any atom is -0.496 e. The molecule has 0 aliphatic heterocycles. The zero-order valence-corrected chi connectivity index (χ0v) is 19.2. The number of carbonyl (C=O) groups excluding carboxylic acids is 1. The summed E-state index contributed by atoms with van der Waals surface area (Å²) in [7, 11) is 3.36. The van der Waals surface area contributed by atoms with Gasteiger partial charge in [0.15, 0.2) is 5.96 Å². The van der Waals surface area contributed by atoms with E-state index >= 15 is 0 Å². The standard InChI is InChI=1S/C19H23BrN4O2.HI/c1-21-19(24-13-15-5-3-4-6-17(15)26-2)23-12-11-22-18(25)14-7-9-16(20)10-8-14;/h3-10H,11-13H2,1-2H3,(H,22,25)(H2,21,23,24);1H. The second-order valence-electron chi connectivity index (χ2n) is 5.43. The van der Waals surface area contributed by atoms with Crippen molar-refractivity contribution in [1.29, 1.82) is 0 Å². The Morgan fingerprint density at radius 3 is 2.37 bits per heavy atom. The molecule has 3 N–H and O–H groups in total. The van der Waals surface area contributed by atoms with Crippen LogP contribution in [0.4, 0.5) is 0 Å². The van der Waals surface area contributed by atoms with E-state index in [-0.39, 0.29) is 29.9 Å². The zero-order valence-electron chi connectivity index (χ0n) is 15.3. The summed E-state index contributed by atoms with van der Waals surface area (Å²) in [6, 6.07) is 15.1. The summed E-state index contributed by atoms with van der Waals surface area (Å²) in [5.41, 5.74) is 1.67. The molecule has 0 atom stereocenters. The quantitative estimate of drug-likeness (QED) is 0.216. The number of rotatable bonds is 7. The van der Waals surface area contributed by atoms with Gasteiger partial charge in [0.05, 0.1) is 7.11 Å². The molecule has 2 aromatic carbocycles. The third-order valence-electron chi connectivity index (χ3n) is 3.67. The third kappa shape index (κ3) is 7.76.